The Labute approximate surface area is 110 Å². The Hall–Kier alpha value is -1.88. The van der Waals surface area contributed by atoms with Crippen LogP contribution in [-0.2, 0) is 6.54 Å². The monoisotopic (exact) mass is 263 g/mol. The number of aliphatic hydroxyl groups excluding tert-OH is 1. The van der Waals surface area contributed by atoms with Gasteiger partial charge in [0.25, 0.3) is 5.56 Å². The summed E-state index contributed by atoms with van der Waals surface area (Å²) in [6, 6.07) is 6.71. The highest BCUT2D eigenvalue weighted by Gasteiger charge is 2.08. The molecule has 5 heteroatoms. The molecule has 0 spiro atoms. The predicted octanol–water partition coefficient (Wildman–Crippen LogP) is 1.51. The smallest absolute Gasteiger partial charge is 0.409 e. The summed E-state index contributed by atoms with van der Waals surface area (Å²) in [6.45, 7) is 2.04. The second-order valence-corrected chi connectivity index (χ2v) is 4.67. The first-order chi connectivity index (χ1) is 9.09. The Morgan fingerprint density at radius 3 is 2.74 bits per heavy atom. The molecule has 0 saturated heterocycles. The lowest BCUT2D eigenvalue weighted by Crippen LogP contribution is -2.32. The molecule has 1 unspecified atom stereocenters. The largest absolute Gasteiger partial charge is 0.422 e. The van der Waals surface area contributed by atoms with E-state index in [1.807, 2.05) is 0 Å². The number of hydrogen-bond donors (Lipinski definition) is 1. The third-order valence-electron chi connectivity index (χ3n) is 3.03. The van der Waals surface area contributed by atoms with E-state index in [9.17, 15) is 9.59 Å². The molecule has 0 fully saturated rings. The van der Waals surface area contributed by atoms with Crippen LogP contribution in [0.15, 0.2) is 38.3 Å². The number of rotatable bonds is 5. The number of aromatic nitrogens is 1. The van der Waals surface area contributed by atoms with E-state index < -0.39 is 5.76 Å². The van der Waals surface area contributed by atoms with Gasteiger partial charge in [0.05, 0.1) is 11.5 Å². The van der Waals surface area contributed by atoms with Gasteiger partial charge in [0, 0.05) is 6.54 Å². The van der Waals surface area contributed by atoms with Crippen LogP contribution in [-0.4, -0.2) is 15.8 Å². The Morgan fingerprint density at radius 1 is 1.26 bits per heavy atom. The predicted molar refractivity (Wildman–Crippen MR) is 72.3 cm³/mol. The minimum absolute atomic E-state index is 0.316. The van der Waals surface area contributed by atoms with Crippen LogP contribution in [0.1, 0.15) is 26.2 Å². The van der Waals surface area contributed by atoms with E-state index in [0.717, 1.165) is 11.0 Å². The lowest BCUT2D eigenvalue weighted by molar-refractivity contribution is 0.180. The van der Waals surface area contributed by atoms with Gasteiger partial charge < -0.3 is 9.52 Å². The van der Waals surface area contributed by atoms with Crippen molar-refractivity contribution in [2.24, 2.45) is 0 Å². The van der Waals surface area contributed by atoms with Gasteiger partial charge >= 0.3 is 5.76 Å². The molecular formula is C14H17NO4. The Balaban J connectivity index is 2.24. The topological polar surface area (TPSA) is 72.4 Å². The summed E-state index contributed by atoms with van der Waals surface area (Å²) in [5.41, 5.74) is 0.00151. The maximum Gasteiger partial charge on any atom is 0.422 e. The van der Waals surface area contributed by atoms with Crippen molar-refractivity contribution in [1.29, 1.82) is 0 Å². The van der Waals surface area contributed by atoms with Crippen LogP contribution in [0.3, 0.4) is 0 Å². The summed E-state index contributed by atoms with van der Waals surface area (Å²) in [6.07, 6.45) is 1.72. The Kier molecular flexibility index (Phi) is 4.16. The number of hydrogen-bond acceptors (Lipinski definition) is 4. The van der Waals surface area contributed by atoms with E-state index in [0.29, 0.717) is 30.4 Å². The van der Waals surface area contributed by atoms with Crippen LogP contribution in [0.5, 0.6) is 0 Å². The fourth-order valence-electron chi connectivity index (χ4n) is 2.01. The van der Waals surface area contributed by atoms with Crippen LogP contribution < -0.4 is 11.3 Å². The summed E-state index contributed by atoms with van der Waals surface area (Å²) >= 11 is 0. The fourth-order valence-corrected chi connectivity index (χ4v) is 2.01. The number of aliphatic hydroxyl groups is 1. The lowest BCUT2D eigenvalue weighted by Gasteiger charge is -2.06. The Morgan fingerprint density at radius 2 is 2.00 bits per heavy atom. The van der Waals surface area contributed by atoms with Gasteiger partial charge in [-0.25, -0.2) is 9.36 Å². The van der Waals surface area contributed by atoms with E-state index in [1.54, 1.807) is 31.2 Å². The molecule has 5 nitrogen and oxygen atoms in total. The molecule has 0 aliphatic heterocycles. The van der Waals surface area contributed by atoms with Crippen LogP contribution in [0, 0.1) is 0 Å². The molecule has 1 atom stereocenters. The van der Waals surface area contributed by atoms with E-state index in [-0.39, 0.29) is 11.7 Å². The van der Waals surface area contributed by atoms with Gasteiger partial charge in [-0.05, 0) is 38.3 Å². The van der Waals surface area contributed by atoms with Crippen LogP contribution >= 0.6 is 0 Å². The average molecular weight is 263 g/mol. The molecule has 1 heterocycles. The first kappa shape index (κ1) is 13.5. The third-order valence-corrected chi connectivity index (χ3v) is 3.03. The van der Waals surface area contributed by atoms with Gasteiger partial charge in [0.15, 0.2) is 0 Å². The molecule has 1 N–H and O–H groups in total. The highest BCUT2D eigenvalue weighted by molar-refractivity contribution is 5.74. The van der Waals surface area contributed by atoms with Crippen molar-refractivity contribution in [3.63, 3.8) is 0 Å². The second kappa shape index (κ2) is 5.84. The van der Waals surface area contributed by atoms with Gasteiger partial charge in [0.1, 0.15) is 5.58 Å². The van der Waals surface area contributed by atoms with Crippen molar-refractivity contribution >= 4 is 11.0 Å². The molecular weight excluding hydrogens is 246 g/mol. The third kappa shape index (κ3) is 3.12. The van der Waals surface area contributed by atoms with E-state index in [2.05, 4.69) is 0 Å². The lowest BCUT2D eigenvalue weighted by atomic mass is 10.2. The summed E-state index contributed by atoms with van der Waals surface area (Å²) < 4.78 is 6.23. The first-order valence-electron chi connectivity index (χ1n) is 6.40. The molecule has 0 aliphatic carbocycles. The summed E-state index contributed by atoms with van der Waals surface area (Å²) in [5, 5.41) is 9.57. The zero-order chi connectivity index (χ0) is 13.8. The summed E-state index contributed by atoms with van der Waals surface area (Å²) in [4.78, 5) is 23.9. The number of unbranched alkanes of at least 4 members (excludes halogenated alkanes) is 1. The van der Waals surface area contributed by atoms with Crippen molar-refractivity contribution < 1.29 is 9.52 Å². The standard InChI is InChI=1S/C14H17NO4/c1-10(16)6-4-5-9-15-13(17)11-7-2-3-8-12(11)19-14(15)18/h2-3,7-8,10,16H,4-6,9H2,1H3. The summed E-state index contributed by atoms with van der Waals surface area (Å²) in [7, 11) is 0. The van der Waals surface area contributed by atoms with Gasteiger partial charge in [-0.15, -0.1) is 0 Å². The number of benzene rings is 1. The quantitative estimate of drug-likeness (QED) is 0.830. The molecule has 0 aliphatic rings. The van der Waals surface area contributed by atoms with E-state index in [1.165, 1.54) is 0 Å². The molecule has 0 bridgehead atoms. The minimum atomic E-state index is -0.624. The maximum absolute atomic E-state index is 12.1. The van der Waals surface area contributed by atoms with E-state index in [4.69, 9.17) is 9.52 Å². The highest BCUT2D eigenvalue weighted by atomic mass is 16.4. The minimum Gasteiger partial charge on any atom is -0.409 e. The van der Waals surface area contributed by atoms with Crippen molar-refractivity contribution in [1.82, 2.24) is 4.57 Å². The molecule has 2 aromatic rings. The molecule has 19 heavy (non-hydrogen) atoms. The fraction of sp³-hybridized carbons (Fsp3) is 0.429. The van der Waals surface area contributed by atoms with Crippen molar-refractivity contribution in [2.75, 3.05) is 0 Å². The van der Waals surface area contributed by atoms with Crippen molar-refractivity contribution in [3.8, 4) is 0 Å². The molecule has 102 valence electrons. The molecule has 1 aromatic carbocycles. The zero-order valence-electron chi connectivity index (χ0n) is 10.8. The van der Waals surface area contributed by atoms with Crippen LogP contribution in [0.4, 0.5) is 0 Å². The van der Waals surface area contributed by atoms with Gasteiger partial charge in [-0.3, -0.25) is 4.79 Å². The normalized spacial score (nSPS) is 12.7. The first-order valence-corrected chi connectivity index (χ1v) is 6.40. The molecule has 2 rings (SSSR count). The van der Waals surface area contributed by atoms with Gasteiger partial charge in [-0.2, -0.15) is 0 Å². The molecule has 1 aromatic heterocycles. The second-order valence-electron chi connectivity index (χ2n) is 4.67. The Bertz CT molecular complexity index is 669. The average Bonchev–Trinajstić information content (AvgIpc) is 2.37. The number of para-hydroxylation sites is 1. The van der Waals surface area contributed by atoms with Crippen LogP contribution in [0.25, 0.3) is 11.0 Å². The number of nitrogens with zero attached hydrogens (tertiary/aromatic N) is 1. The molecule has 0 radical (unpaired) electrons. The zero-order valence-corrected chi connectivity index (χ0v) is 10.8. The maximum atomic E-state index is 12.1. The van der Waals surface area contributed by atoms with Crippen molar-refractivity contribution in [3.05, 3.63) is 45.2 Å². The highest BCUT2D eigenvalue weighted by Crippen LogP contribution is 2.06. The molecule has 0 amide bonds. The van der Waals surface area contributed by atoms with Crippen molar-refractivity contribution in [2.45, 2.75) is 38.8 Å². The summed E-state index contributed by atoms with van der Waals surface area (Å²) in [5.74, 6) is -0.624. The van der Waals surface area contributed by atoms with Gasteiger partial charge in [0.2, 0.25) is 0 Å². The molecule has 0 saturated carbocycles. The van der Waals surface area contributed by atoms with Crippen LogP contribution in [0.2, 0.25) is 0 Å². The SMILES string of the molecule is CC(O)CCCCn1c(=O)oc2ccccc2c1=O. The van der Waals surface area contributed by atoms with Gasteiger partial charge in [-0.1, -0.05) is 12.1 Å². The number of fused-ring (bicyclic) bond motifs is 1. The van der Waals surface area contributed by atoms with E-state index >= 15 is 0 Å².